The van der Waals surface area contributed by atoms with Crippen LogP contribution in [-0.4, -0.2) is 47.5 Å². The summed E-state index contributed by atoms with van der Waals surface area (Å²) in [6, 6.07) is 0. The third kappa shape index (κ3) is 16.1. The third-order valence-electron chi connectivity index (χ3n) is 5.12. The smallest absolute Gasteiger partial charge is 0.354 e. The van der Waals surface area contributed by atoms with E-state index in [-0.39, 0.29) is 0 Å². The van der Waals surface area contributed by atoms with Gasteiger partial charge in [0.25, 0.3) is 0 Å². The lowest BCUT2D eigenvalue weighted by atomic mass is 10.3. The van der Waals surface area contributed by atoms with Crippen molar-refractivity contribution in [3.05, 3.63) is 12.3 Å². The molecule has 0 saturated carbocycles. The predicted molar refractivity (Wildman–Crippen MR) is 138 cm³/mol. The van der Waals surface area contributed by atoms with Crippen LogP contribution in [0.5, 0.6) is 0 Å². The highest BCUT2D eigenvalue weighted by Gasteiger charge is 2.45. The van der Waals surface area contributed by atoms with Gasteiger partial charge in [-0.25, -0.2) is 0 Å². The summed E-state index contributed by atoms with van der Waals surface area (Å²) in [5.74, 6) is 0. The maximum absolute atomic E-state index is 6.53. The average Bonchev–Trinajstić information content (AvgIpc) is 2.80. The Morgan fingerprint density at radius 2 is 0.848 bits per heavy atom. The first-order valence-electron chi connectivity index (χ1n) is 13.6. The monoisotopic (exact) mass is 490 g/mol. The second-order valence-electron chi connectivity index (χ2n) is 8.49. The lowest BCUT2D eigenvalue weighted by molar-refractivity contribution is -0.189. The summed E-state index contributed by atoms with van der Waals surface area (Å²) in [4.78, 5) is 0. The number of unbranched alkanes of at least 4 members (excludes halogenated alkanes) is 3. The Bertz CT molecular complexity index is 382. The molecular formula is C26H54O6Si. The van der Waals surface area contributed by atoms with Gasteiger partial charge in [0.15, 0.2) is 18.9 Å². The quantitative estimate of drug-likeness (QED) is 0.0749. The Morgan fingerprint density at radius 1 is 0.545 bits per heavy atom. The molecule has 0 aliphatic heterocycles. The fourth-order valence-corrected chi connectivity index (χ4v) is 5.20. The van der Waals surface area contributed by atoms with Gasteiger partial charge in [-0.1, -0.05) is 86.6 Å². The summed E-state index contributed by atoms with van der Waals surface area (Å²) in [6.07, 6.45) is 10.1. The summed E-state index contributed by atoms with van der Waals surface area (Å²) in [7, 11) is -3.36. The molecule has 0 aromatic rings. The zero-order valence-electron chi connectivity index (χ0n) is 22.6. The fraction of sp³-hybridized carbons (Fsp3) is 0.923. The minimum absolute atomic E-state index is 0.401. The van der Waals surface area contributed by atoms with Crippen LogP contribution >= 0.6 is 0 Å². The first-order chi connectivity index (χ1) is 16.0. The van der Waals surface area contributed by atoms with Crippen LogP contribution in [-0.2, 0) is 27.5 Å². The lowest BCUT2D eigenvalue weighted by Crippen LogP contribution is -2.52. The summed E-state index contributed by atoms with van der Waals surface area (Å²) < 4.78 is 37.9. The molecule has 0 aliphatic carbocycles. The van der Waals surface area contributed by atoms with Crippen molar-refractivity contribution in [3.63, 3.8) is 0 Å². The Hall–Kier alpha value is -0.283. The molecule has 0 rings (SSSR count). The Balaban J connectivity index is 5.70. The van der Waals surface area contributed by atoms with Crippen LogP contribution in [0, 0.1) is 0 Å². The van der Waals surface area contributed by atoms with Gasteiger partial charge in [0.1, 0.15) is 0 Å². The van der Waals surface area contributed by atoms with E-state index >= 15 is 0 Å². The van der Waals surface area contributed by atoms with Crippen LogP contribution in [0.25, 0.3) is 0 Å². The molecule has 0 N–H and O–H groups in total. The van der Waals surface area contributed by atoms with Crippen molar-refractivity contribution in [2.75, 3.05) is 19.8 Å². The Kier molecular flexibility index (Phi) is 22.0. The number of ether oxygens (including phenoxy) is 3. The highest BCUT2D eigenvalue weighted by Crippen LogP contribution is 2.25. The van der Waals surface area contributed by atoms with Gasteiger partial charge in [-0.3, -0.25) is 0 Å². The van der Waals surface area contributed by atoms with E-state index in [2.05, 4.69) is 48.1 Å². The molecule has 0 heterocycles. The Labute approximate surface area is 206 Å². The van der Waals surface area contributed by atoms with E-state index in [1.54, 1.807) is 5.70 Å². The van der Waals surface area contributed by atoms with Crippen molar-refractivity contribution < 1.29 is 27.5 Å². The highest BCUT2D eigenvalue weighted by molar-refractivity contribution is 6.66. The van der Waals surface area contributed by atoms with Crippen LogP contribution < -0.4 is 0 Å². The van der Waals surface area contributed by atoms with Crippen molar-refractivity contribution in [2.24, 2.45) is 0 Å². The van der Waals surface area contributed by atoms with Crippen LogP contribution in [0.15, 0.2) is 12.3 Å². The molecule has 0 aromatic heterocycles. The fourth-order valence-electron chi connectivity index (χ4n) is 3.09. The van der Waals surface area contributed by atoms with Crippen LogP contribution in [0.1, 0.15) is 119 Å². The van der Waals surface area contributed by atoms with E-state index in [0.29, 0.717) is 19.8 Å². The zero-order valence-corrected chi connectivity index (χ0v) is 23.6. The topological polar surface area (TPSA) is 55.4 Å². The van der Waals surface area contributed by atoms with Crippen molar-refractivity contribution in [1.29, 1.82) is 0 Å². The van der Waals surface area contributed by atoms with Gasteiger partial charge in [-0.15, -0.1) is 0 Å². The molecule has 0 saturated heterocycles. The second-order valence-corrected chi connectivity index (χ2v) is 10.8. The molecule has 0 fully saturated rings. The van der Waals surface area contributed by atoms with E-state index in [1.165, 1.54) is 0 Å². The largest absolute Gasteiger partial charge is 0.534 e. The molecule has 198 valence electrons. The maximum Gasteiger partial charge on any atom is 0.534 e. The standard InChI is InChI=1S/C26H54O6Si/c1-8-15-21-27-24(18-11-4)30-33(14-7,31-25(19-12-5)28-22-16-9-2)32-26(20-13-6)29-23-17-10-3/h14,24-26H,7-13,15-23H2,1-6H3. The lowest BCUT2D eigenvalue weighted by Gasteiger charge is -2.36. The molecule has 33 heavy (non-hydrogen) atoms. The summed E-state index contributed by atoms with van der Waals surface area (Å²) in [5.41, 5.74) is 1.72. The molecule has 0 radical (unpaired) electrons. The van der Waals surface area contributed by atoms with Crippen LogP contribution in [0.3, 0.4) is 0 Å². The molecule has 7 heteroatoms. The second kappa shape index (κ2) is 22.2. The molecule has 6 nitrogen and oxygen atoms in total. The maximum atomic E-state index is 6.53. The predicted octanol–water partition coefficient (Wildman–Crippen LogP) is 7.53. The minimum Gasteiger partial charge on any atom is -0.354 e. The van der Waals surface area contributed by atoms with E-state index in [4.69, 9.17) is 27.5 Å². The van der Waals surface area contributed by atoms with Crippen molar-refractivity contribution >= 4 is 8.80 Å². The molecule has 0 aliphatic rings. The van der Waals surface area contributed by atoms with E-state index in [1.807, 2.05) is 0 Å². The highest BCUT2D eigenvalue weighted by atomic mass is 28.4. The number of rotatable bonds is 25. The van der Waals surface area contributed by atoms with Gasteiger partial charge in [0.2, 0.25) is 0 Å². The Morgan fingerprint density at radius 3 is 1.06 bits per heavy atom. The molecule has 0 bridgehead atoms. The van der Waals surface area contributed by atoms with Crippen LogP contribution in [0.4, 0.5) is 0 Å². The molecule has 3 atom stereocenters. The number of hydrogen-bond donors (Lipinski definition) is 0. The molecular weight excluding hydrogens is 436 g/mol. The number of hydrogen-bond acceptors (Lipinski definition) is 6. The van der Waals surface area contributed by atoms with Crippen molar-refractivity contribution in [1.82, 2.24) is 0 Å². The van der Waals surface area contributed by atoms with Crippen molar-refractivity contribution in [3.8, 4) is 0 Å². The zero-order chi connectivity index (χ0) is 24.8. The van der Waals surface area contributed by atoms with E-state index in [9.17, 15) is 0 Å². The first-order valence-corrected chi connectivity index (χ1v) is 15.4. The average molecular weight is 491 g/mol. The van der Waals surface area contributed by atoms with E-state index in [0.717, 1.165) is 77.0 Å². The van der Waals surface area contributed by atoms with E-state index < -0.39 is 27.7 Å². The molecule has 3 unspecified atom stereocenters. The summed E-state index contributed by atoms with van der Waals surface area (Å²) in [5, 5.41) is 0. The van der Waals surface area contributed by atoms with Gasteiger partial charge in [-0.05, 0) is 44.2 Å². The van der Waals surface area contributed by atoms with Gasteiger partial charge >= 0.3 is 8.80 Å². The first kappa shape index (κ1) is 32.7. The van der Waals surface area contributed by atoms with Crippen molar-refractivity contribution in [2.45, 2.75) is 137 Å². The molecule has 0 spiro atoms. The normalized spacial score (nSPS) is 16.3. The van der Waals surface area contributed by atoms with Crippen LogP contribution in [0.2, 0.25) is 0 Å². The summed E-state index contributed by atoms with van der Waals surface area (Å²) in [6.45, 7) is 18.9. The minimum atomic E-state index is -3.36. The van der Waals surface area contributed by atoms with Gasteiger partial charge in [-0.2, -0.15) is 0 Å². The molecule has 0 amide bonds. The SMILES string of the molecule is C=C[Si](OC(CCC)OCCCC)(OC(CCC)OCCCC)OC(CCC)OCCCC. The van der Waals surface area contributed by atoms with Gasteiger partial charge in [0.05, 0.1) is 0 Å². The van der Waals surface area contributed by atoms with Gasteiger partial charge < -0.3 is 27.5 Å². The molecule has 0 aromatic carbocycles. The summed E-state index contributed by atoms with van der Waals surface area (Å²) >= 11 is 0. The third-order valence-corrected chi connectivity index (χ3v) is 7.39. The van der Waals surface area contributed by atoms with Gasteiger partial charge in [0, 0.05) is 19.8 Å².